The first-order chi connectivity index (χ1) is 16.4. The van der Waals surface area contributed by atoms with Gasteiger partial charge in [-0.3, -0.25) is 9.69 Å². The van der Waals surface area contributed by atoms with Crippen molar-refractivity contribution in [2.75, 3.05) is 32.8 Å². The number of hydrogen-bond donors (Lipinski definition) is 1. The minimum Gasteiger partial charge on any atom is -0.490 e. The molecule has 4 rings (SSSR count). The minimum absolute atomic E-state index is 0.0470. The molecule has 2 heterocycles. The number of hydrogen-bond acceptors (Lipinski definition) is 6. The number of nitrogens with zero attached hydrogens (tertiary/aromatic N) is 4. The molecule has 1 amide bonds. The highest BCUT2D eigenvalue weighted by atomic mass is 16.5. The van der Waals surface area contributed by atoms with Crippen LogP contribution < -0.4 is 9.47 Å². The zero-order chi connectivity index (χ0) is 24.0. The lowest BCUT2D eigenvalue weighted by molar-refractivity contribution is -0.132. The first-order valence-corrected chi connectivity index (χ1v) is 11.5. The zero-order valence-corrected chi connectivity index (χ0v) is 19.8. The minimum atomic E-state index is -1.18. The average molecular weight is 465 g/mol. The molecule has 180 valence electrons. The summed E-state index contributed by atoms with van der Waals surface area (Å²) in [6.45, 7) is 4.59. The van der Waals surface area contributed by atoms with Crippen molar-refractivity contribution in [1.29, 1.82) is 0 Å². The molecule has 2 aromatic carbocycles. The Bertz CT molecular complexity index is 1070. The number of ether oxygens (including phenoxy) is 2. The van der Waals surface area contributed by atoms with Gasteiger partial charge in [-0.1, -0.05) is 30.3 Å². The highest BCUT2D eigenvalue weighted by molar-refractivity contribution is 5.73. The second kappa shape index (κ2) is 10.7. The van der Waals surface area contributed by atoms with E-state index in [0.717, 1.165) is 17.1 Å². The van der Waals surface area contributed by atoms with Crippen LogP contribution in [0, 0.1) is 0 Å². The van der Waals surface area contributed by atoms with E-state index in [1.54, 1.807) is 11.1 Å². The monoisotopic (exact) mass is 464 g/mol. The molecule has 1 aliphatic rings. The van der Waals surface area contributed by atoms with E-state index >= 15 is 0 Å². The number of β-amino-alcohol motifs (C(OH)–C–C–N with tert-alkyl or cyclic N) is 1. The Hall–Kier alpha value is -3.36. The number of benzene rings is 2. The van der Waals surface area contributed by atoms with Gasteiger partial charge in [0.15, 0.2) is 0 Å². The van der Waals surface area contributed by atoms with E-state index in [4.69, 9.17) is 9.47 Å². The van der Waals surface area contributed by atoms with E-state index in [0.29, 0.717) is 38.5 Å². The number of imidazole rings is 1. The molecule has 34 heavy (non-hydrogen) atoms. The summed E-state index contributed by atoms with van der Waals surface area (Å²) in [6, 6.07) is 17.4. The van der Waals surface area contributed by atoms with Gasteiger partial charge < -0.3 is 24.0 Å². The van der Waals surface area contributed by atoms with Gasteiger partial charge in [0, 0.05) is 52.5 Å². The van der Waals surface area contributed by atoms with Gasteiger partial charge in [-0.15, -0.1) is 0 Å². The Balaban J connectivity index is 1.38. The van der Waals surface area contributed by atoms with Crippen molar-refractivity contribution in [2.24, 2.45) is 7.05 Å². The molecular weight excluding hydrogens is 432 g/mol. The second-order valence-corrected chi connectivity index (χ2v) is 8.86. The summed E-state index contributed by atoms with van der Waals surface area (Å²) in [7, 11) is 1.94. The first-order valence-electron chi connectivity index (χ1n) is 11.5. The molecule has 0 aliphatic carbocycles. The molecule has 0 radical (unpaired) electrons. The number of aromatic nitrogens is 2. The van der Waals surface area contributed by atoms with Crippen LogP contribution in [-0.4, -0.2) is 68.8 Å². The summed E-state index contributed by atoms with van der Waals surface area (Å²) < 4.78 is 13.7. The van der Waals surface area contributed by atoms with Crippen LogP contribution in [0.15, 0.2) is 67.0 Å². The maximum absolute atomic E-state index is 12.1. The Morgan fingerprint density at radius 1 is 1.03 bits per heavy atom. The van der Waals surface area contributed by atoms with Crippen molar-refractivity contribution in [3.63, 3.8) is 0 Å². The molecule has 1 fully saturated rings. The SMILES string of the molecule is CC(=O)N1CCN(Cc2ccc(OCc3nccn3C)cc2)CC(O)(COc2ccccc2)C1. The Morgan fingerprint density at radius 2 is 1.76 bits per heavy atom. The van der Waals surface area contributed by atoms with E-state index in [2.05, 4.69) is 9.88 Å². The lowest BCUT2D eigenvalue weighted by Crippen LogP contribution is -2.51. The van der Waals surface area contributed by atoms with Gasteiger partial charge in [0.2, 0.25) is 5.91 Å². The van der Waals surface area contributed by atoms with Crippen LogP contribution in [0.2, 0.25) is 0 Å². The van der Waals surface area contributed by atoms with Gasteiger partial charge in [-0.25, -0.2) is 4.98 Å². The van der Waals surface area contributed by atoms with Gasteiger partial charge in [0.1, 0.15) is 36.1 Å². The molecule has 3 aromatic rings. The van der Waals surface area contributed by atoms with Gasteiger partial charge in [-0.2, -0.15) is 0 Å². The van der Waals surface area contributed by atoms with Gasteiger partial charge in [-0.05, 0) is 29.8 Å². The predicted molar refractivity (Wildman–Crippen MR) is 128 cm³/mol. The van der Waals surface area contributed by atoms with Crippen molar-refractivity contribution >= 4 is 5.91 Å². The van der Waals surface area contributed by atoms with Crippen LogP contribution >= 0.6 is 0 Å². The summed E-state index contributed by atoms with van der Waals surface area (Å²) >= 11 is 0. The molecular formula is C26H32N4O4. The summed E-state index contributed by atoms with van der Waals surface area (Å²) in [5, 5.41) is 11.4. The van der Waals surface area contributed by atoms with Crippen LogP contribution in [0.25, 0.3) is 0 Å². The Labute approximate surface area is 200 Å². The quantitative estimate of drug-likeness (QED) is 0.552. The maximum Gasteiger partial charge on any atom is 0.219 e. The van der Waals surface area contributed by atoms with Crippen LogP contribution in [-0.2, 0) is 25.0 Å². The molecule has 1 aliphatic heterocycles. The van der Waals surface area contributed by atoms with Crippen LogP contribution in [0.3, 0.4) is 0 Å². The largest absolute Gasteiger partial charge is 0.490 e. The van der Waals surface area contributed by atoms with E-state index in [9.17, 15) is 9.90 Å². The van der Waals surface area contributed by atoms with Crippen molar-refractivity contribution in [1.82, 2.24) is 19.4 Å². The number of amides is 1. The Morgan fingerprint density at radius 3 is 2.44 bits per heavy atom. The van der Waals surface area contributed by atoms with Crippen LogP contribution in [0.5, 0.6) is 11.5 Å². The second-order valence-electron chi connectivity index (χ2n) is 8.86. The fourth-order valence-corrected chi connectivity index (χ4v) is 4.10. The predicted octanol–water partition coefficient (Wildman–Crippen LogP) is 2.47. The maximum atomic E-state index is 12.1. The molecule has 8 nitrogen and oxygen atoms in total. The number of aliphatic hydroxyl groups is 1. The third-order valence-electron chi connectivity index (χ3n) is 6.00. The van der Waals surface area contributed by atoms with Crippen LogP contribution in [0.4, 0.5) is 0 Å². The fourth-order valence-electron chi connectivity index (χ4n) is 4.10. The standard InChI is InChI=1S/C26H32N4O4/c1-21(31)30-15-14-29(18-26(32,19-30)20-34-23-6-4-3-5-7-23)16-22-8-10-24(11-9-22)33-17-25-27-12-13-28(25)2/h3-13,32H,14-20H2,1-2H3. The Kier molecular flexibility index (Phi) is 7.49. The molecule has 1 aromatic heterocycles. The lowest BCUT2D eigenvalue weighted by atomic mass is 10.0. The molecule has 0 spiro atoms. The first kappa shape index (κ1) is 23.8. The number of aryl methyl sites for hydroxylation is 1. The molecule has 0 bridgehead atoms. The lowest BCUT2D eigenvalue weighted by Gasteiger charge is -2.32. The summed E-state index contributed by atoms with van der Waals surface area (Å²) in [4.78, 5) is 20.3. The number of rotatable bonds is 8. The molecule has 1 atom stereocenters. The van der Waals surface area contributed by atoms with Gasteiger partial charge in [0.25, 0.3) is 0 Å². The molecule has 1 unspecified atom stereocenters. The number of carbonyl (C=O) groups is 1. The normalized spacial score (nSPS) is 19.0. The third-order valence-corrected chi connectivity index (χ3v) is 6.00. The highest BCUT2D eigenvalue weighted by Gasteiger charge is 2.36. The fraction of sp³-hybridized carbons (Fsp3) is 0.385. The van der Waals surface area contributed by atoms with E-state index in [1.807, 2.05) is 72.4 Å². The van der Waals surface area contributed by atoms with Crippen molar-refractivity contribution in [3.05, 3.63) is 78.4 Å². The van der Waals surface area contributed by atoms with Gasteiger partial charge >= 0.3 is 0 Å². The summed E-state index contributed by atoms with van der Waals surface area (Å²) in [5.74, 6) is 2.29. The molecule has 1 N–H and O–H groups in total. The van der Waals surface area contributed by atoms with Gasteiger partial charge in [0.05, 0.1) is 6.54 Å². The van der Waals surface area contributed by atoms with E-state index < -0.39 is 5.60 Å². The van der Waals surface area contributed by atoms with Crippen molar-refractivity contribution in [3.8, 4) is 11.5 Å². The number of carbonyl (C=O) groups excluding carboxylic acids is 1. The number of para-hydroxylation sites is 1. The van der Waals surface area contributed by atoms with Crippen molar-refractivity contribution in [2.45, 2.75) is 25.7 Å². The average Bonchev–Trinajstić information content (AvgIpc) is 3.16. The molecule has 0 saturated carbocycles. The molecule has 1 saturated heterocycles. The van der Waals surface area contributed by atoms with Crippen LogP contribution in [0.1, 0.15) is 18.3 Å². The smallest absolute Gasteiger partial charge is 0.219 e. The van der Waals surface area contributed by atoms with E-state index in [-0.39, 0.29) is 19.1 Å². The zero-order valence-electron chi connectivity index (χ0n) is 19.8. The summed E-state index contributed by atoms with van der Waals surface area (Å²) in [5.41, 5.74) is -0.0738. The summed E-state index contributed by atoms with van der Waals surface area (Å²) in [6.07, 6.45) is 3.64. The van der Waals surface area contributed by atoms with Crippen molar-refractivity contribution < 1.29 is 19.4 Å². The molecule has 8 heteroatoms. The third kappa shape index (κ3) is 6.36. The highest BCUT2D eigenvalue weighted by Crippen LogP contribution is 2.21. The topological polar surface area (TPSA) is 80.1 Å². The van der Waals surface area contributed by atoms with E-state index in [1.165, 1.54) is 6.92 Å².